The van der Waals surface area contributed by atoms with Crippen molar-refractivity contribution in [1.82, 2.24) is 5.32 Å². The Hall–Kier alpha value is -0.120. The second-order valence-electron chi connectivity index (χ2n) is 4.07. The largest absolute Gasteiger partial charge is 0.396 e. The lowest BCUT2D eigenvalue weighted by molar-refractivity contribution is 0.237. The minimum atomic E-state index is 0.0311. The lowest BCUT2D eigenvalue weighted by atomic mass is 9.95. The van der Waals surface area contributed by atoms with Crippen molar-refractivity contribution < 1.29 is 5.11 Å². The zero-order valence-electron chi connectivity index (χ0n) is 9.14. The molecule has 0 bridgehead atoms. The molecule has 0 aromatic carbocycles. The molecule has 0 fully saturated rings. The lowest BCUT2D eigenvalue weighted by Crippen LogP contribution is -2.52. The maximum absolute atomic E-state index is 8.76. The first kappa shape index (κ1) is 12.9. The summed E-state index contributed by atoms with van der Waals surface area (Å²) in [5.41, 5.74) is 5.74. The van der Waals surface area contributed by atoms with Gasteiger partial charge >= 0.3 is 0 Å². The summed E-state index contributed by atoms with van der Waals surface area (Å²) in [7, 11) is 0. The maximum Gasteiger partial charge on any atom is 0.0445 e. The molecule has 2 atom stereocenters. The van der Waals surface area contributed by atoms with Gasteiger partial charge in [0.05, 0.1) is 0 Å². The highest BCUT2D eigenvalue weighted by Gasteiger charge is 2.22. The predicted octanol–water partition coefficient (Wildman–Crippen LogP) is 0.864. The summed E-state index contributed by atoms with van der Waals surface area (Å²) in [6.07, 6.45) is 3.01. The van der Waals surface area contributed by atoms with Gasteiger partial charge in [-0.05, 0) is 26.7 Å². The molecule has 0 aliphatic heterocycles. The first-order valence-electron chi connectivity index (χ1n) is 5.16. The van der Waals surface area contributed by atoms with E-state index in [2.05, 4.69) is 26.1 Å². The Balaban J connectivity index is 3.93. The van der Waals surface area contributed by atoms with Gasteiger partial charge in [0.25, 0.3) is 0 Å². The molecule has 13 heavy (non-hydrogen) atoms. The molecular formula is C10H24N2O. The standard InChI is InChI=1S/C10H24N2O/c1-4-6-10(3,8-11)12-9(2)5-7-13/h9,12-13H,4-8,11H2,1-3H3. The average Bonchev–Trinajstić information content (AvgIpc) is 2.05. The SMILES string of the molecule is CCCC(C)(CN)NC(C)CCO. The molecule has 0 aromatic rings. The second-order valence-corrected chi connectivity index (χ2v) is 4.07. The number of nitrogens with one attached hydrogen (secondary N) is 1. The third kappa shape index (κ3) is 5.24. The minimum absolute atomic E-state index is 0.0311. The van der Waals surface area contributed by atoms with Crippen LogP contribution in [-0.4, -0.2) is 29.8 Å². The van der Waals surface area contributed by atoms with Crippen LogP contribution in [-0.2, 0) is 0 Å². The van der Waals surface area contributed by atoms with Crippen molar-refractivity contribution in [2.24, 2.45) is 5.73 Å². The van der Waals surface area contributed by atoms with Crippen molar-refractivity contribution >= 4 is 0 Å². The Morgan fingerprint density at radius 3 is 2.54 bits per heavy atom. The van der Waals surface area contributed by atoms with Gasteiger partial charge in [-0.2, -0.15) is 0 Å². The maximum atomic E-state index is 8.76. The Morgan fingerprint density at radius 1 is 1.54 bits per heavy atom. The van der Waals surface area contributed by atoms with E-state index < -0.39 is 0 Å². The van der Waals surface area contributed by atoms with Crippen molar-refractivity contribution in [2.75, 3.05) is 13.2 Å². The van der Waals surface area contributed by atoms with Crippen molar-refractivity contribution in [3.8, 4) is 0 Å². The van der Waals surface area contributed by atoms with Crippen molar-refractivity contribution in [3.63, 3.8) is 0 Å². The van der Waals surface area contributed by atoms with Gasteiger partial charge in [0.1, 0.15) is 0 Å². The van der Waals surface area contributed by atoms with Crippen LogP contribution >= 0.6 is 0 Å². The molecule has 3 heteroatoms. The minimum Gasteiger partial charge on any atom is -0.396 e. The molecule has 0 aliphatic carbocycles. The second kappa shape index (κ2) is 6.35. The van der Waals surface area contributed by atoms with Gasteiger partial charge in [0.2, 0.25) is 0 Å². The van der Waals surface area contributed by atoms with E-state index in [1.807, 2.05) is 0 Å². The summed E-state index contributed by atoms with van der Waals surface area (Å²) < 4.78 is 0. The number of aliphatic hydroxyl groups excluding tert-OH is 1. The molecule has 0 radical (unpaired) electrons. The molecule has 0 aliphatic rings. The third-order valence-corrected chi connectivity index (χ3v) is 2.41. The van der Waals surface area contributed by atoms with Crippen LogP contribution in [0.25, 0.3) is 0 Å². The highest BCUT2D eigenvalue weighted by molar-refractivity contribution is 4.85. The van der Waals surface area contributed by atoms with E-state index in [1.165, 1.54) is 0 Å². The van der Waals surface area contributed by atoms with Gasteiger partial charge in [0, 0.05) is 24.7 Å². The molecule has 0 saturated heterocycles. The lowest BCUT2D eigenvalue weighted by Gasteiger charge is -2.32. The molecule has 0 saturated carbocycles. The van der Waals surface area contributed by atoms with Gasteiger partial charge < -0.3 is 16.2 Å². The molecule has 0 spiro atoms. The van der Waals surface area contributed by atoms with Crippen LogP contribution in [0.15, 0.2) is 0 Å². The number of hydrogen-bond acceptors (Lipinski definition) is 3. The highest BCUT2D eigenvalue weighted by atomic mass is 16.3. The zero-order chi connectivity index (χ0) is 10.3. The predicted molar refractivity (Wildman–Crippen MR) is 56.7 cm³/mol. The Morgan fingerprint density at radius 2 is 2.15 bits per heavy atom. The van der Waals surface area contributed by atoms with E-state index in [4.69, 9.17) is 10.8 Å². The van der Waals surface area contributed by atoms with Crippen LogP contribution in [0.3, 0.4) is 0 Å². The van der Waals surface area contributed by atoms with Crippen molar-refractivity contribution in [1.29, 1.82) is 0 Å². The van der Waals surface area contributed by atoms with E-state index >= 15 is 0 Å². The van der Waals surface area contributed by atoms with Crippen LogP contribution in [0.5, 0.6) is 0 Å². The Bertz CT molecular complexity index is 130. The van der Waals surface area contributed by atoms with Gasteiger partial charge in [0.15, 0.2) is 0 Å². The van der Waals surface area contributed by atoms with Gasteiger partial charge in [-0.25, -0.2) is 0 Å². The third-order valence-electron chi connectivity index (χ3n) is 2.41. The highest BCUT2D eigenvalue weighted by Crippen LogP contribution is 2.12. The Kier molecular flexibility index (Phi) is 6.29. The van der Waals surface area contributed by atoms with E-state index in [0.29, 0.717) is 12.6 Å². The van der Waals surface area contributed by atoms with Crippen LogP contribution in [0, 0.1) is 0 Å². The monoisotopic (exact) mass is 188 g/mol. The summed E-state index contributed by atoms with van der Waals surface area (Å²) in [5, 5.41) is 12.2. The summed E-state index contributed by atoms with van der Waals surface area (Å²) in [6.45, 7) is 7.27. The molecule has 3 nitrogen and oxygen atoms in total. The number of rotatable bonds is 7. The fraction of sp³-hybridized carbons (Fsp3) is 1.00. The number of nitrogens with two attached hydrogens (primary N) is 1. The van der Waals surface area contributed by atoms with Crippen LogP contribution in [0.2, 0.25) is 0 Å². The summed E-state index contributed by atoms with van der Waals surface area (Å²) >= 11 is 0. The molecule has 0 heterocycles. The zero-order valence-corrected chi connectivity index (χ0v) is 9.14. The smallest absolute Gasteiger partial charge is 0.0445 e. The van der Waals surface area contributed by atoms with E-state index in [1.54, 1.807) is 0 Å². The summed E-state index contributed by atoms with van der Waals surface area (Å²) in [6, 6.07) is 0.338. The molecule has 0 rings (SSSR count). The Labute approximate surface area is 81.7 Å². The number of hydrogen-bond donors (Lipinski definition) is 3. The first-order valence-corrected chi connectivity index (χ1v) is 5.16. The molecule has 80 valence electrons. The molecule has 0 aromatic heterocycles. The van der Waals surface area contributed by atoms with Crippen molar-refractivity contribution in [3.05, 3.63) is 0 Å². The summed E-state index contributed by atoms with van der Waals surface area (Å²) in [4.78, 5) is 0. The molecule has 2 unspecified atom stereocenters. The van der Waals surface area contributed by atoms with E-state index in [9.17, 15) is 0 Å². The van der Waals surface area contributed by atoms with Gasteiger partial charge in [-0.15, -0.1) is 0 Å². The van der Waals surface area contributed by atoms with Crippen LogP contribution in [0.4, 0.5) is 0 Å². The molecule has 4 N–H and O–H groups in total. The average molecular weight is 188 g/mol. The topological polar surface area (TPSA) is 58.3 Å². The van der Waals surface area contributed by atoms with Crippen LogP contribution < -0.4 is 11.1 Å². The van der Waals surface area contributed by atoms with E-state index in [0.717, 1.165) is 19.3 Å². The first-order chi connectivity index (χ1) is 6.08. The quantitative estimate of drug-likeness (QED) is 0.555. The normalized spacial score (nSPS) is 18.2. The molecular weight excluding hydrogens is 164 g/mol. The van der Waals surface area contributed by atoms with Crippen molar-refractivity contribution in [2.45, 2.75) is 51.6 Å². The van der Waals surface area contributed by atoms with Gasteiger partial charge in [-0.1, -0.05) is 13.3 Å². The summed E-state index contributed by atoms with van der Waals surface area (Å²) in [5.74, 6) is 0. The fourth-order valence-corrected chi connectivity index (χ4v) is 1.65. The number of aliphatic hydroxyl groups is 1. The van der Waals surface area contributed by atoms with Crippen LogP contribution in [0.1, 0.15) is 40.0 Å². The molecule has 0 amide bonds. The van der Waals surface area contributed by atoms with Gasteiger partial charge in [-0.3, -0.25) is 0 Å². The van der Waals surface area contributed by atoms with E-state index in [-0.39, 0.29) is 12.1 Å². The fourth-order valence-electron chi connectivity index (χ4n) is 1.65.